The number of esters is 1. The second-order valence-corrected chi connectivity index (χ2v) is 9.76. The van der Waals surface area contributed by atoms with Crippen LogP contribution in [0.2, 0.25) is 0 Å². The number of rotatable bonds is 5. The highest BCUT2D eigenvalue weighted by molar-refractivity contribution is 5.95. The van der Waals surface area contributed by atoms with Crippen molar-refractivity contribution in [3.8, 4) is 11.4 Å². The summed E-state index contributed by atoms with van der Waals surface area (Å²) in [5.41, 5.74) is 2.74. The van der Waals surface area contributed by atoms with E-state index in [2.05, 4.69) is 5.32 Å². The topological polar surface area (TPSA) is 131 Å². The molecule has 0 bridgehead atoms. The first-order valence-electron chi connectivity index (χ1n) is 12.0. The van der Waals surface area contributed by atoms with Gasteiger partial charge in [-0.05, 0) is 43.0 Å². The largest absolute Gasteiger partial charge is 0.458 e. The average molecular weight is 511 g/mol. The number of halogens is 2. The number of benzene rings is 1. The summed E-state index contributed by atoms with van der Waals surface area (Å²) in [5, 5.41) is 23.4. The van der Waals surface area contributed by atoms with Crippen LogP contribution in [0.5, 0.6) is 0 Å². The Morgan fingerprint density at radius 1 is 1.27 bits per heavy atom. The van der Waals surface area contributed by atoms with E-state index in [1.54, 1.807) is 13.0 Å². The molecule has 1 amide bonds. The van der Waals surface area contributed by atoms with Crippen LogP contribution in [0, 0.1) is 0 Å². The van der Waals surface area contributed by atoms with Gasteiger partial charge in [0.2, 0.25) is 5.91 Å². The van der Waals surface area contributed by atoms with Crippen molar-refractivity contribution in [2.45, 2.75) is 64.0 Å². The fraction of sp³-hybridized carbons (Fsp3) is 0.385. The number of cyclic esters (lactones) is 1. The molecule has 3 aromatic rings. The van der Waals surface area contributed by atoms with Crippen molar-refractivity contribution < 1.29 is 33.3 Å². The molecule has 0 radical (unpaired) electrons. The molecule has 1 aliphatic carbocycles. The molecule has 3 N–H and O–H groups in total. The van der Waals surface area contributed by atoms with Gasteiger partial charge in [0.1, 0.15) is 6.61 Å². The van der Waals surface area contributed by atoms with Crippen molar-refractivity contribution in [2.75, 3.05) is 0 Å². The van der Waals surface area contributed by atoms with Gasteiger partial charge in [0.15, 0.2) is 6.10 Å². The van der Waals surface area contributed by atoms with Crippen LogP contribution in [0.1, 0.15) is 71.7 Å². The second-order valence-electron chi connectivity index (χ2n) is 9.76. The molecule has 11 heteroatoms. The lowest BCUT2D eigenvalue weighted by Gasteiger charge is -2.21. The zero-order valence-corrected chi connectivity index (χ0v) is 19.8. The van der Waals surface area contributed by atoms with Gasteiger partial charge in [0.25, 0.3) is 12.0 Å². The fourth-order valence-corrected chi connectivity index (χ4v) is 5.69. The number of pyridine rings is 2. The summed E-state index contributed by atoms with van der Waals surface area (Å²) in [6.07, 6.45) is -4.49. The van der Waals surface area contributed by atoms with Gasteiger partial charge in [-0.15, -0.1) is 0 Å². The smallest absolute Gasteiger partial charge is 0.340 e. The summed E-state index contributed by atoms with van der Waals surface area (Å²) in [7, 11) is 0. The lowest BCUT2D eigenvalue weighted by atomic mass is 9.97. The monoisotopic (exact) mass is 511 g/mol. The number of hydrogen-bond acceptors (Lipinski definition) is 7. The first-order valence-corrected chi connectivity index (χ1v) is 12.0. The molecule has 0 saturated heterocycles. The predicted octanol–water partition coefficient (Wildman–Crippen LogP) is 2.33. The maximum absolute atomic E-state index is 13.9. The molecule has 3 aliphatic rings. The van der Waals surface area contributed by atoms with Crippen molar-refractivity contribution in [3.63, 3.8) is 0 Å². The third kappa shape index (κ3) is 3.56. The third-order valence-electron chi connectivity index (χ3n) is 7.43. The lowest BCUT2D eigenvalue weighted by molar-refractivity contribution is -0.157. The molecule has 0 saturated carbocycles. The van der Waals surface area contributed by atoms with Crippen LogP contribution in [0.15, 0.2) is 23.0 Å². The Bertz CT molecular complexity index is 1560. The zero-order valence-electron chi connectivity index (χ0n) is 19.8. The van der Waals surface area contributed by atoms with E-state index in [0.29, 0.717) is 39.0 Å². The number of carbonyl (C=O) groups excluding carboxylic acids is 2. The molecule has 4 heterocycles. The molecule has 1 aromatic carbocycles. The number of amides is 1. The summed E-state index contributed by atoms with van der Waals surface area (Å²) < 4.78 is 34.2. The maximum atomic E-state index is 13.9. The predicted molar refractivity (Wildman–Crippen MR) is 126 cm³/mol. The number of nitrogens with one attached hydrogen (secondary N) is 1. The van der Waals surface area contributed by atoms with Gasteiger partial charge < -0.3 is 24.8 Å². The molecule has 3 unspecified atom stereocenters. The Balaban J connectivity index is 1.53. The second kappa shape index (κ2) is 8.42. The van der Waals surface area contributed by atoms with Crippen molar-refractivity contribution >= 4 is 22.8 Å². The first kappa shape index (κ1) is 23.7. The summed E-state index contributed by atoms with van der Waals surface area (Å²) in [6, 6.07) is 3.77. The van der Waals surface area contributed by atoms with Gasteiger partial charge >= 0.3 is 5.97 Å². The minimum Gasteiger partial charge on any atom is -0.458 e. The Kier molecular flexibility index (Phi) is 5.39. The number of hydrogen-bond donors (Lipinski definition) is 3. The SMILES string of the molecule is CC(O)CCC(=O)NC1Cc2c(C(F)F)ccc3nc4c(c1c23)Cn1c-4cc2c(c1=O)COC(=O)C2O. The Morgan fingerprint density at radius 2 is 2.05 bits per heavy atom. The van der Waals surface area contributed by atoms with Crippen LogP contribution < -0.4 is 10.9 Å². The van der Waals surface area contributed by atoms with E-state index in [1.165, 1.54) is 16.7 Å². The number of aromatic nitrogens is 2. The van der Waals surface area contributed by atoms with E-state index in [0.717, 1.165) is 0 Å². The van der Waals surface area contributed by atoms with Crippen LogP contribution in [0.4, 0.5) is 8.78 Å². The van der Waals surface area contributed by atoms with E-state index in [1.807, 2.05) is 0 Å². The normalized spacial score (nSPS) is 20.0. The summed E-state index contributed by atoms with van der Waals surface area (Å²) in [5.74, 6) is -1.16. The molecule has 9 nitrogen and oxygen atoms in total. The van der Waals surface area contributed by atoms with Gasteiger partial charge in [-0.25, -0.2) is 18.6 Å². The highest BCUT2D eigenvalue weighted by atomic mass is 19.3. The maximum Gasteiger partial charge on any atom is 0.340 e. The highest BCUT2D eigenvalue weighted by Crippen LogP contribution is 2.47. The van der Waals surface area contributed by atoms with Gasteiger partial charge in [-0.1, -0.05) is 6.07 Å². The molecule has 192 valence electrons. The molecule has 0 spiro atoms. The Labute approximate surface area is 208 Å². The summed E-state index contributed by atoms with van der Waals surface area (Å²) in [6.45, 7) is 1.42. The molecular weight excluding hydrogens is 488 g/mol. The number of nitrogens with zero attached hydrogens (tertiary/aromatic N) is 2. The van der Waals surface area contributed by atoms with Gasteiger partial charge in [0.05, 0.1) is 41.2 Å². The van der Waals surface area contributed by atoms with Gasteiger partial charge in [-0.2, -0.15) is 0 Å². The van der Waals surface area contributed by atoms with E-state index in [-0.39, 0.29) is 55.0 Å². The highest BCUT2D eigenvalue weighted by Gasteiger charge is 2.39. The molecule has 2 aliphatic heterocycles. The quantitative estimate of drug-likeness (QED) is 0.351. The van der Waals surface area contributed by atoms with Crippen molar-refractivity contribution in [3.05, 3.63) is 61.9 Å². The minimum atomic E-state index is -2.71. The fourth-order valence-electron chi connectivity index (χ4n) is 5.69. The van der Waals surface area contributed by atoms with Crippen molar-refractivity contribution in [1.29, 1.82) is 0 Å². The number of carbonyl (C=O) groups is 2. The standard InChI is InChI=1S/C26H23F2N3O6/c1-10(32)2-5-19(33)29-17-6-12-11(24(27)28)3-4-16-20(12)21(17)14-8-31-18(22(14)30-16)7-13-15(25(31)35)9-37-26(36)23(13)34/h3-4,7,10,17,23-24,32,34H,2,5-6,8-9H2,1H3,(H,29,33). The number of alkyl halides is 2. The van der Waals surface area contributed by atoms with Crippen LogP contribution in [0.3, 0.4) is 0 Å². The lowest BCUT2D eigenvalue weighted by Crippen LogP contribution is -2.32. The minimum absolute atomic E-state index is 0.0704. The number of fused-ring (bicyclic) bond motifs is 5. The van der Waals surface area contributed by atoms with Crippen LogP contribution in [-0.2, 0) is 33.9 Å². The van der Waals surface area contributed by atoms with E-state index in [9.17, 15) is 33.4 Å². The molecule has 3 atom stereocenters. The molecule has 37 heavy (non-hydrogen) atoms. The molecular formula is C26H23F2N3O6. The van der Waals surface area contributed by atoms with Crippen molar-refractivity contribution in [2.24, 2.45) is 0 Å². The van der Waals surface area contributed by atoms with Gasteiger partial charge in [-0.3, -0.25) is 9.59 Å². The third-order valence-corrected chi connectivity index (χ3v) is 7.43. The molecule has 2 aromatic heterocycles. The zero-order chi connectivity index (χ0) is 26.2. The number of aliphatic hydroxyl groups excluding tert-OH is 2. The van der Waals surface area contributed by atoms with Crippen LogP contribution >= 0.6 is 0 Å². The van der Waals surface area contributed by atoms with Crippen LogP contribution in [-0.4, -0.2) is 37.7 Å². The van der Waals surface area contributed by atoms with E-state index in [4.69, 9.17) is 9.72 Å². The molecule has 0 fully saturated rings. The summed E-state index contributed by atoms with van der Waals surface area (Å²) in [4.78, 5) is 42.6. The first-order chi connectivity index (χ1) is 17.7. The average Bonchev–Trinajstić information content (AvgIpc) is 3.40. The Hall–Kier alpha value is -3.70. The number of aliphatic hydroxyl groups is 2. The van der Waals surface area contributed by atoms with Crippen LogP contribution in [0.25, 0.3) is 22.3 Å². The van der Waals surface area contributed by atoms with Gasteiger partial charge in [0, 0.05) is 28.5 Å². The summed E-state index contributed by atoms with van der Waals surface area (Å²) >= 11 is 0. The molecule has 6 rings (SSSR count). The van der Waals surface area contributed by atoms with Crippen molar-refractivity contribution in [1.82, 2.24) is 14.9 Å². The Morgan fingerprint density at radius 3 is 2.78 bits per heavy atom. The van der Waals surface area contributed by atoms with E-state index < -0.39 is 36.2 Å². The van der Waals surface area contributed by atoms with E-state index >= 15 is 0 Å². The number of ether oxygens (including phenoxy) is 1.